The molecule has 0 amide bonds. The van der Waals surface area contributed by atoms with E-state index in [1.54, 1.807) is 0 Å². The zero-order chi connectivity index (χ0) is 10.7. The molecule has 0 aliphatic carbocycles. The summed E-state index contributed by atoms with van der Waals surface area (Å²) in [6.45, 7) is 1.88. The highest BCUT2D eigenvalue weighted by Crippen LogP contribution is 2.27. The van der Waals surface area contributed by atoms with E-state index in [9.17, 15) is 0 Å². The highest BCUT2D eigenvalue weighted by Gasteiger charge is 2.05. The number of aryl methyl sites for hydroxylation is 1. The van der Waals surface area contributed by atoms with Gasteiger partial charge >= 0.3 is 0 Å². The van der Waals surface area contributed by atoms with Crippen molar-refractivity contribution in [3.63, 3.8) is 0 Å². The maximum atomic E-state index is 5.25. The number of nitrogens with one attached hydrogen (secondary N) is 1. The Hall–Kier alpha value is -1.25. The Balaban J connectivity index is 2.24. The third kappa shape index (κ3) is 2.61. The zero-order valence-electron chi connectivity index (χ0n) is 7.84. The molecule has 0 aromatic carbocycles. The van der Waals surface area contributed by atoms with E-state index in [0.29, 0.717) is 5.95 Å². The fourth-order valence-electron chi connectivity index (χ4n) is 0.954. The maximum Gasteiger partial charge on any atom is 0.238 e. The van der Waals surface area contributed by atoms with Crippen molar-refractivity contribution in [2.45, 2.75) is 16.3 Å². The molecule has 0 spiro atoms. The zero-order valence-corrected chi connectivity index (χ0v) is 9.47. The van der Waals surface area contributed by atoms with Crippen LogP contribution in [0.15, 0.2) is 21.8 Å². The molecule has 15 heavy (non-hydrogen) atoms. The van der Waals surface area contributed by atoms with E-state index >= 15 is 0 Å². The molecule has 6 nitrogen and oxygen atoms in total. The lowest BCUT2D eigenvalue weighted by molar-refractivity contribution is 0.993. The van der Waals surface area contributed by atoms with Gasteiger partial charge in [-0.15, -0.1) is 0 Å². The fourth-order valence-corrected chi connectivity index (χ4v) is 2.41. The van der Waals surface area contributed by atoms with E-state index < -0.39 is 0 Å². The third-order valence-corrected chi connectivity index (χ3v) is 3.13. The molecule has 0 atom stereocenters. The van der Waals surface area contributed by atoms with Crippen molar-refractivity contribution in [1.29, 1.82) is 0 Å². The standard InChI is InChI=1S/C7H8N6S2/c1-4-2-5(12-6(11-4)13-8)14-7-9-3-10-15-7/h2-3H,8H2,1H3,(H,11,12,13). The van der Waals surface area contributed by atoms with Crippen molar-refractivity contribution < 1.29 is 0 Å². The van der Waals surface area contributed by atoms with Gasteiger partial charge in [0, 0.05) is 5.69 Å². The summed E-state index contributed by atoms with van der Waals surface area (Å²) >= 11 is 2.76. The van der Waals surface area contributed by atoms with Crippen LogP contribution in [0.4, 0.5) is 5.95 Å². The first-order chi connectivity index (χ1) is 7.28. The van der Waals surface area contributed by atoms with Gasteiger partial charge in [-0.25, -0.2) is 20.8 Å². The highest BCUT2D eigenvalue weighted by molar-refractivity contribution is 8.00. The van der Waals surface area contributed by atoms with E-state index in [2.05, 4.69) is 24.8 Å². The summed E-state index contributed by atoms with van der Waals surface area (Å²) in [6, 6.07) is 1.87. The smallest absolute Gasteiger partial charge is 0.238 e. The van der Waals surface area contributed by atoms with Gasteiger partial charge < -0.3 is 0 Å². The normalized spacial score (nSPS) is 10.3. The second-order valence-corrected chi connectivity index (χ2v) is 4.67. The van der Waals surface area contributed by atoms with Gasteiger partial charge in [0.15, 0.2) is 4.34 Å². The van der Waals surface area contributed by atoms with Crippen LogP contribution in [-0.4, -0.2) is 19.3 Å². The van der Waals surface area contributed by atoms with Crippen LogP contribution in [0.2, 0.25) is 0 Å². The largest absolute Gasteiger partial charge is 0.292 e. The Morgan fingerprint density at radius 3 is 3.00 bits per heavy atom. The summed E-state index contributed by atoms with van der Waals surface area (Å²) in [6.07, 6.45) is 1.52. The molecule has 8 heteroatoms. The number of nitrogens with two attached hydrogens (primary N) is 1. The quantitative estimate of drug-likeness (QED) is 0.471. The first kappa shape index (κ1) is 10.3. The molecule has 2 aromatic heterocycles. The molecule has 0 unspecified atom stereocenters. The minimum absolute atomic E-state index is 0.405. The third-order valence-electron chi connectivity index (χ3n) is 1.49. The lowest BCUT2D eigenvalue weighted by Gasteiger charge is -2.02. The van der Waals surface area contributed by atoms with Gasteiger partial charge in [-0.3, -0.25) is 5.43 Å². The SMILES string of the molecule is Cc1cc(Sc2ncns2)nc(NN)n1. The number of hydrazine groups is 1. The molecule has 2 rings (SSSR count). The van der Waals surface area contributed by atoms with E-state index in [4.69, 9.17) is 5.84 Å². The van der Waals surface area contributed by atoms with Crippen molar-refractivity contribution in [2.75, 3.05) is 5.43 Å². The van der Waals surface area contributed by atoms with Crippen LogP contribution in [0.25, 0.3) is 0 Å². The van der Waals surface area contributed by atoms with Gasteiger partial charge in [0.25, 0.3) is 0 Å². The molecule has 0 radical (unpaired) electrons. The Morgan fingerprint density at radius 1 is 1.47 bits per heavy atom. The molecule has 3 N–H and O–H groups in total. The summed E-state index contributed by atoms with van der Waals surface area (Å²) < 4.78 is 4.75. The molecule has 78 valence electrons. The van der Waals surface area contributed by atoms with Crippen LogP contribution in [-0.2, 0) is 0 Å². The van der Waals surface area contributed by atoms with Gasteiger partial charge in [0.1, 0.15) is 11.4 Å². The number of rotatable bonds is 3. The number of anilines is 1. The Morgan fingerprint density at radius 2 is 2.33 bits per heavy atom. The average Bonchev–Trinajstić information content (AvgIpc) is 2.69. The minimum atomic E-state index is 0.405. The van der Waals surface area contributed by atoms with Crippen LogP contribution in [0.1, 0.15) is 5.69 Å². The van der Waals surface area contributed by atoms with Crippen molar-refractivity contribution >= 4 is 29.2 Å². The molecule has 0 aliphatic heterocycles. The number of aromatic nitrogens is 4. The minimum Gasteiger partial charge on any atom is -0.292 e. The van der Waals surface area contributed by atoms with Crippen LogP contribution in [0.5, 0.6) is 0 Å². The van der Waals surface area contributed by atoms with Crippen LogP contribution in [0, 0.1) is 6.92 Å². The van der Waals surface area contributed by atoms with Gasteiger partial charge in [0.2, 0.25) is 5.95 Å². The van der Waals surface area contributed by atoms with E-state index in [0.717, 1.165) is 15.1 Å². The monoisotopic (exact) mass is 240 g/mol. The van der Waals surface area contributed by atoms with Crippen LogP contribution in [0.3, 0.4) is 0 Å². The number of nitrogens with zero attached hydrogens (tertiary/aromatic N) is 4. The summed E-state index contributed by atoms with van der Waals surface area (Å²) in [4.78, 5) is 12.3. The summed E-state index contributed by atoms with van der Waals surface area (Å²) in [5.74, 6) is 5.66. The number of hydrogen-bond acceptors (Lipinski definition) is 8. The molecular weight excluding hydrogens is 232 g/mol. The number of hydrogen-bond donors (Lipinski definition) is 2. The Kier molecular flexibility index (Phi) is 3.09. The van der Waals surface area contributed by atoms with Crippen molar-refractivity contribution in [3.8, 4) is 0 Å². The molecule has 0 fully saturated rings. The van der Waals surface area contributed by atoms with E-state index in [1.165, 1.54) is 29.6 Å². The molecule has 0 aliphatic rings. The Bertz CT molecular complexity index is 443. The summed E-state index contributed by atoms with van der Waals surface area (Å²) in [5, 5.41) is 0.798. The van der Waals surface area contributed by atoms with Crippen molar-refractivity contribution in [3.05, 3.63) is 18.1 Å². The summed E-state index contributed by atoms with van der Waals surface area (Å²) in [5.41, 5.74) is 3.27. The molecular formula is C7H8N6S2. The van der Waals surface area contributed by atoms with Crippen molar-refractivity contribution in [2.24, 2.45) is 5.84 Å². The molecule has 2 heterocycles. The molecule has 0 saturated heterocycles. The summed E-state index contributed by atoms with van der Waals surface area (Å²) in [7, 11) is 0. The van der Waals surface area contributed by atoms with Gasteiger partial charge in [-0.2, -0.15) is 4.37 Å². The van der Waals surface area contributed by atoms with Gasteiger partial charge in [-0.05, 0) is 36.3 Å². The second-order valence-electron chi connectivity index (χ2n) is 2.62. The molecule has 0 bridgehead atoms. The first-order valence-electron chi connectivity index (χ1n) is 4.05. The topological polar surface area (TPSA) is 89.6 Å². The number of nitrogen functional groups attached to an aromatic ring is 1. The van der Waals surface area contributed by atoms with E-state index in [-0.39, 0.29) is 0 Å². The maximum absolute atomic E-state index is 5.25. The fraction of sp³-hybridized carbons (Fsp3) is 0.143. The van der Waals surface area contributed by atoms with Crippen LogP contribution < -0.4 is 11.3 Å². The lowest BCUT2D eigenvalue weighted by atomic mass is 10.5. The van der Waals surface area contributed by atoms with Crippen LogP contribution >= 0.6 is 23.3 Å². The average molecular weight is 240 g/mol. The molecule has 0 saturated carbocycles. The molecule has 2 aromatic rings. The predicted octanol–water partition coefficient (Wildman–Crippen LogP) is 1.07. The first-order valence-corrected chi connectivity index (χ1v) is 5.64. The Labute approximate surface area is 94.5 Å². The van der Waals surface area contributed by atoms with Gasteiger partial charge in [-0.1, -0.05) is 0 Å². The van der Waals surface area contributed by atoms with E-state index in [1.807, 2.05) is 13.0 Å². The predicted molar refractivity (Wildman–Crippen MR) is 58.6 cm³/mol. The van der Waals surface area contributed by atoms with Gasteiger partial charge in [0.05, 0.1) is 0 Å². The lowest BCUT2D eigenvalue weighted by Crippen LogP contribution is -2.11. The van der Waals surface area contributed by atoms with Crippen molar-refractivity contribution in [1.82, 2.24) is 19.3 Å². The second kappa shape index (κ2) is 4.51. The highest BCUT2D eigenvalue weighted by atomic mass is 32.2.